The molecule has 0 aliphatic heterocycles. The number of nitrogens with zero attached hydrogens (tertiary/aromatic N) is 1. The highest BCUT2D eigenvalue weighted by molar-refractivity contribution is 5.24. The van der Waals surface area contributed by atoms with Crippen LogP contribution in [-0.4, -0.2) is 10.1 Å². The Bertz CT molecular complexity index is 437. The number of benzene rings is 1. The van der Waals surface area contributed by atoms with Crippen molar-refractivity contribution in [1.29, 1.82) is 0 Å². The molecule has 0 saturated carbocycles. The van der Waals surface area contributed by atoms with E-state index in [1.165, 1.54) is 0 Å². The summed E-state index contributed by atoms with van der Waals surface area (Å²) < 4.78 is 0. The van der Waals surface area contributed by atoms with E-state index in [4.69, 9.17) is 0 Å². The van der Waals surface area contributed by atoms with Crippen LogP contribution >= 0.6 is 0 Å². The van der Waals surface area contributed by atoms with Crippen LogP contribution in [0.1, 0.15) is 18.1 Å². The first kappa shape index (κ1) is 10.8. The van der Waals surface area contributed by atoms with Crippen molar-refractivity contribution in [2.45, 2.75) is 18.9 Å². The van der Waals surface area contributed by atoms with Gasteiger partial charge in [0.05, 0.1) is 5.60 Å². The molecular formula is C14H15NO. The zero-order valence-corrected chi connectivity index (χ0v) is 9.30. The molecule has 0 bridgehead atoms. The fourth-order valence-electron chi connectivity index (χ4n) is 1.80. The van der Waals surface area contributed by atoms with E-state index in [0.717, 1.165) is 11.1 Å². The summed E-state index contributed by atoms with van der Waals surface area (Å²) >= 11 is 0. The summed E-state index contributed by atoms with van der Waals surface area (Å²) in [5.74, 6) is 0. The van der Waals surface area contributed by atoms with E-state index in [9.17, 15) is 5.11 Å². The van der Waals surface area contributed by atoms with Gasteiger partial charge in [0.25, 0.3) is 0 Å². The van der Waals surface area contributed by atoms with Crippen LogP contribution in [0.2, 0.25) is 0 Å². The van der Waals surface area contributed by atoms with Gasteiger partial charge in [0.15, 0.2) is 0 Å². The van der Waals surface area contributed by atoms with E-state index >= 15 is 0 Å². The summed E-state index contributed by atoms with van der Waals surface area (Å²) in [5.41, 5.74) is 1.12. The van der Waals surface area contributed by atoms with E-state index < -0.39 is 5.60 Å². The van der Waals surface area contributed by atoms with Crippen LogP contribution in [0, 0.1) is 0 Å². The van der Waals surface area contributed by atoms with Gasteiger partial charge in [0.1, 0.15) is 0 Å². The third-order valence-electron chi connectivity index (χ3n) is 2.67. The average Bonchev–Trinajstić information content (AvgIpc) is 2.31. The highest BCUT2D eigenvalue weighted by Gasteiger charge is 2.22. The van der Waals surface area contributed by atoms with Crippen molar-refractivity contribution in [1.82, 2.24) is 4.98 Å². The maximum absolute atomic E-state index is 10.4. The van der Waals surface area contributed by atoms with Crippen molar-refractivity contribution < 1.29 is 5.11 Å². The summed E-state index contributed by atoms with van der Waals surface area (Å²) in [7, 11) is 0. The number of aliphatic hydroxyl groups is 1. The van der Waals surface area contributed by atoms with Crippen molar-refractivity contribution in [3.05, 3.63) is 66.0 Å². The van der Waals surface area contributed by atoms with Crippen LogP contribution in [-0.2, 0) is 12.0 Å². The molecule has 0 saturated heterocycles. The Kier molecular flexibility index (Phi) is 3.02. The van der Waals surface area contributed by atoms with Gasteiger partial charge < -0.3 is 5.11 Å². The molecule has 2 aromatic rings. The molecule has 1 atom stereocenters. The number of hydrogen-bond donors (Lipinski definition) is 1. The molecule has 1 unspecified atom stereocenters. The van der Waals surface area contributed by atoms with Gasteiger partial charge >= 0.3 is 0 Å². The molecule has 0 radical (unpaired) electrons. The Morgan fingerprint density at radius 3 is 2.50 bits per heavy atom. The van der Waals surface area contributed by atoms with Gasteiger partial charge in [-0.25, -0.2) is 0 Å². The molecule has 0 spiro atoms. The summed E-state index contributed by atoms with van der Waals surface area (Å²) in [5, 5.41) is 10.4. The fourth-order valence-corrected chi connectivity index (χ4v) is 1.80. The lowest BCUT2D eigenvalue weighted by atomic mass is 9.90. The first-order valence-electron chi connectivity index (χ1n) is 5.35. The molecule has 82 valence electrons. The largest absolute Gasteiger partial charge is 0.385 e. The average molecular weight is 213 g/mol. The second-order valence-corrected chi connectivity index (χ2v) is 4.18. The first-order valence-corrected chi connectivity index (χ1v) is 5.35. The minimum absolute atomic E-state index is 0.574. The van der Waals surface area contributed by atoms with E-state index in [-0.39, 0.29) is 0 Å². The van der Waals surface area contributed by atoms with Gasteiger partial charge in [-0.05, 0) is 24.1 Å². The Morgan fingerprint density at radius 1 is 1.12 bits per heavy atom. The molecule has 0 amide bonds. The molecule has 0 fully saturated rings. The van der Waals surface area contributed by atoms with E-state index in [1.54, 1.807) is 12.4 Å². The topological polar surface area (TPSA) is 33.1 Å². The Balaban J connectivity index is 2.21. The highest BCUT2D eigenvalue weighted by atomic mass is 16.3. The lowest BCUT2D eigenvalue weighted by Gasteiger charge is -2.23. The minimum Gasteiger partial charge on any atom is -0.385 e. The van der Waals surface area contributed by atoms with Gasteiger partial charge in [-0.3, -0.25) is 4.98 Å². The number of rotatable bonds is 3. The van der Waals surface area contributed by atoms with Gasteiger partial charge in [-0.1, -0.05) is 36.4 Å². The van der Waals surface area contributed by atoms with Crippen molar-refractivity contribution in [3.63, 3.8) is 0 Å². The van der Waals surface area contributed by atoms with Crippen molar-refractivity contribution in [3.8, 4) is 0 Å². The summed E-state index contributed by atoms with van der Waals surface area (Å²) in [6.45, 7) is 1.83. The maximum Gasteiger partial charge on any atom is 0.0909 e. The van der Waals surface area contributed by atoms with Gasteiger partial charge in [0, 0.05) is 18.8 Å². The molecule has 2 heteroatoms. The Morgan fingerprint density at radius 2 is 1.88 bits per heavy atom. The van der Waals surface area contributed by atoms with Gasteiger partial charge in [-0.2, -0.15) is 0 Å². The van der Waals surface area contributed by atoms with Crippen LogP contribution in [0.15, 0.2) is 54.9 Å². The van der Waals surface area contributed by atoms with Crippen LogP contribution < -0.4 is 0 Å². The first-order chi connectivity index (χ1) is 7.68. The molecule has 1 aromatic carbocycles. The molecule has 1 aromatic heterocycles. The van der Waals surface area contributed by atoms with E-state index in [0.29, 0.717) is 6.42 Å². The minimum atomic E-state index is -0.843. The number of aromatic nitrogens is 1. The van der Waals surface area contributed by atoms with Gasteiger partial charge in [0.2, 0.25) is 0 Å². The third kappa shape index (κ3) is 2.47. The van der Waals surface area contributed by atoms with Crippen molar-refractivity contribution in [2.24, 2.45) is 0 Å². The molecule has 2 rings (SSSR count). The molecule has 1 N–H and O–H groups in total. The summed E-state index contributed by atoms with van der Waals surface area (Å²) in [6.07, 6.45) is 4.10. The summed E-state index contributed by atoms with van der Waals surface area (Å²) in [4.78, 5) is 4.05. The maximum atomic E-state index is 10.4. The quantitative estimate of drug-likeness (QED) is 0.850. The highest BCUT2D eigenvalue weighted by Crippen LogP contribution is 2.24. The van der Waals surface area contributed by atoms with Crippen molar-refractivity contribution in [2.75, 3.05) is 0 Å². The number of pyridine rings is 1. The monoisotopic (exact) mass is 213 g/mol. The Labute approximate surface area is 95.6 Å². The van der Waals surface area contributed by atoms with E-state index in [2.05, 4.69) is 4.98 Å². The standard InChI is InChI=1S/C14H15NO/c1-14(16,13-7-3-2-4-8-13)10-12-6-5-9-15-11-12/h2-9,11,16H,10H2,1H3. The molecule has 16 heavy (non-hydrogen) atoms. The van der Waals surface area contributed by atoms with Crippen LogP contribution in [0.25, 0.3) is 0 Å². The predicted molar refractivity (Wildman–Crippen MR) is 64.0 cm³/mol. The SMILES string of the molecule is CC(O)(Cc1cccnc1)c1ccccc1. The van der Waals surface area contributed by atoms with Crippen LogP contribution in [0.3, 0.4) is 0 Å². The second kappa shape index (κ2) is 4.45. The lowest BCUT2D eigenvalue weighted by Crippen LogP contribution is -2.24. The lowest BCUT2D eigenvalue weighted by molar-refractivity contribution is 0.0575. The second-order valence-electron chi connectivity index (χ2n) is 4.18. The van der Waals surface area contributed by atoms with Gasteiger partial charge in [-0.15, -0.1) is 0 Å². The number of hydrogen-bond acceptors (Lipinski definition) is 2. The zero-order valence-electron chi connectivity index (χ0n) is 9.30. The zero-order chi connectivity index (χ0) is 11.4. The molecular weight excluding hydrogens is 198 g/mol. The molecule has 1 heterocycles. The predicted octanol–water partition coefficient (Wildman–Crippen LogP) is 2.53. The van der Waals surface area contributed by atoms with Crippen molar-refractivity contribution >= 4 is 0 Å². The normalized spacial score (nSPS) is 14.4. The molecule has 0 aliphatic rings. The van der Waals surface area contributed by atoms with Crippen LogP contribution in [0.5, 0.6) is 0 Å². The molecule has 2 nitrogen and oxygen atoms in total. The molecule has 0 aliphatic carbocycles. The smallest absolute Gasteiger partial charge is 0.0909 e. The third-order valence-corrected chi connectivity index (χ3v) is 2.67. The van der Waals surface area contributed by atoms with E-state index in [1.807, 2.05) is 49.4 Å². The Hall–Kier alpha value is -1.67. The summed E-state index contributed by atoms with van der Waals surface area (Å²) in [6, 6.07) is 13.6. The fraction of sp³-hybridized carbons (Fsp3) is 0.214. The van der Waals surface area contributed by atoms with Crippen LogP contribution in [0.4, 0.5) is 0 Å².